The van der Waals surface area contributed by atoms with Gasteiger partial charge in [0.05, 0.1) is 5.69 Å². The van der Waals surface area contributed by atoms with Crippen molar-refractivity contribution in [1.82, 2.24) is 15.1 Å². The number of alkyl halides is 3. The van der Waals surface area contributed by atoms with Crippen LogP contribution in [0.5, 0.6) is 5.75 Å². The van der Waals surface area contributed by atoms with Crippen molar-refractivity contribution in [2.24, 2.45) is 7.05 Å². The summed E-state index contributed by atoms with van der Waals surface area (Å²) in [5.41, 5.74) is 1.83. The standard InChI is InChI=1S/C16H19F3N4O/c1-22-14(5-7-21-22)10-20-12-6-8-23(11-12)13-3-2-4-15(9-13)24-16(17,18)19/h2-5,7,9,12,20H,6,8,10-11H2,1H3/t12-/m1/s1. The van der Waals surface area contributed by atoms with Gasteiger partial charge in [0.15, 0.2) is 0 Å². The Labute approximate surface area is 138 Å². The molecule has 0 aliphatic carbocycles. The van der Waals surface area contributed by atoms with Gasteiger partial charge in [0, 0.05) is 50.7 Å². The lowest BCUT2D eigenvalue weighted by Gasteiger charge is -2.20. The molecule has 0 spiro atoms. The summed E-state index contributed by atoms with van der Waals surface area (Å²) in [5, 5.41) is 7.59. The van der Waals surface area contributed by atoms with Gasteiger partial charge < -0.3 is 15.0 Å². The number of rotatable bonds is 5. The molecule has 0 unspecified atom stereocenters. The molecule has 1 saturated heterocycles. The van der Waals surface area contributed by atoms with Crippen LogP contribution in [0, 0.1) is 0 Å². The van der Waals surface area contributed by atoms with Crippen LogP contribution in [0.2, 0.25) is 0 Å². The van der Waals surface area contributed by atoms with E-state index in [4.69, 9.17) is 0 Å². The second kappa shape index (κ2) is 6.72. The van der Waals surface area contributed by atoms with Crippen LogP contribution in [0.3, 0.4) is 0 Å². The summed E-state index contributed by atoms with van der Waals surface area (Å²) in [6.45, 7) is 2.25. The molecule has 1 aromatic carbocycles. The number of ether oxygens (including phenoxy) is 1. The summed E-state index contributed by atoms with van der Waals surface area (Å²) >= 11 is 0. The topological polar surface area (TPSA) is 42.3 Å². The average molecular weight is 340 g/mol. The third kappa shape index (κ3) is 4.19. The highest BCUT2D eigenvalue weighted by Gasteiger charge is 2.31. The first kappa shape index (κ1) is 16.6. The van der Waals surface area contributed by atoms with Gasteiger partial charge in [-0.25, -0.2) is 0 Å². The molecule has 1 fully saturated rings. The Kier molecular flexibility index (Phi) is 4.66. The van der Waals surface area contributed by atoms with Gasteiger partial charge in [0.2, 0.25) is 0 Å². The molecule has 24 heavy (non-hydrogen) atoms. The smallest absolute Gasteiger partial charge is 0.406 e. The monoisotopic (exact) mass is 340 g/mol. The maximum atomic E-state index is 12.3. The first-order chi connectivity index (χ1) is 11.4. The van der Waals surface area contributed by atoms with Crippen molar-refractivity contribution in [3.05, 3.63) is 42.2 Å². The Balaban J connectivity index is 1.57. The normalized spacial score (nSPS) is 18.2. The van der Waals surface area contributed by atoms with Crippen LogP contribution >= 0.6 is 0 Å². The molecule has 2 heterocycles. The minimum atomic E-state index is -4.67. The van der Waals surface area contributed by atoms with Crippen LogP contribution < -0.4 is 15.0 Å². The predicted molar refractivity (Wildman–Crippen MR) is 83.8 cm³/mol. The zero-order valence-electron chi connectivity index (χ0n) is 13.3. The van der Waals surface area contributed by atoms with Gasteiger partial charge in [-0.2, -0.15) is 5.10 Å². The quantitative estimate of drug-likeness (QED) is 0.909. The number of aromatic nitrogens is 2. The van der Waals surface area contributed by atoms with Gasteiger partial charge >= 0.3 is 6.36 Å². The first-order valence-corrected chi connectivity index (χ1v) is 7.72. The van der Waals surface area contributed by atoms with Crippen molar-refractivity contribution in [2.45, 2.75) is 25.4 Å². The van der Waals surface area contributed by atoms with Crippen LogP contribution in [0.25, 0.3) is 0 Å². The van der Waals surface area contributed by atoms with Gasteiger partial charge in [-0.3, -0.25) is 4.68 Å². The fourth-order valence-corrected chi connectivity index (χ4v) is 2.86. The number of nitrogens with one attached hydrogen (secondary N) is 1. The Morgan fingerprint density at radius 3 is 2.88 bits per heavy atom. The number of benzene rings is 1. The fraction of sp³-hybridized carbons (Fsp3) is 0.438. The highest BCUT2D eigenvalue weighted by Crippen LogP contribution is 2.28. The summed E-state index contributed by atoms with van der Waals surface area (Å²) in [6.07, 6.45) is -1.98. The van der Waals surface area contributed by atoms with E-state index >= 15 is 0 Å². The van der Waals surface area contributed by atoms with Crippen molar-refractivity contribution >= 4 is 5.69 Å². The minimum absolute atomic E-state index is 0.189. The fourth-order valence-electron chi connectivity index (χ4n) is 2.86. The Morgan fingerprint density at radius 1 is 1.33 bits per heavy atom. The molecule has 1 atom stereocenters. The molecule has 0 bridgehead atoms. The third-order valence-corrected chi connectivity index (χ3v) is 4.10. The van der Waals surface area contributed by atoms with E-state index in [0.717, 1.165) is 30.9 Å². The second-order valence-electron chi connectivity index (χ2n) is 5.80. The molecule has 1 aliphatic heterocycles. The van der Waals surface area contributed by atoms with Gasteiger partial charge in [-0.15, -0.1) is 13.2 Å². The summed E-state index contributed by atoms with van der Waals surface area (Å²) in [6, 6.07) is 8.35. The van der Waals surface area contributed by atoms with E-state index in [2.05, 4.69) is 20.1 Å². The molecule has 0 radical (unpaired) electrons. The van der Waals surface area contributed by atoms with Crippen molar-refractivity contribution in [3.8, 4) is 5.75 Å². The maximum Gasteiger partial charge on any atom is 0.573 e. The van der Waals surface area contributed by atoms with Crippen LogP contribution in [0.15, 0.2) is 36.5 Å². The lowest BCUT2D eigenvalue weighted by molar-refractivity contribution is -0.274. The van der Waals surface area contributed by atoms with Gasteiger partial charge in [0.1, 0.15) is 5.75 Å². The third-order valence-electron chi connectivity index (χ3n) is 4.10. The van der Waals surface area contributed by atoms with Crippen LogP contribution in [-0.4, -0.2) is 35.3 Å². The lowest BCUT2D eigenvalue weighted by atomic mass is 10.2. The van der Waals surface area contributed by atoms with E-state index in [9.17, 15) is 13.2 Å². The van der Waals surface area contributed by atoms with E-state index < -0.39 is 6.36 Å². The summed E-state index contributed by atoms with van der Waals surface area (Å²) < 4.78 is 42.8. The Morgan fingerprint density at radius 2 is 2.17 bits per heavy atom. The lowest BCUT2D eigenvalue weighted by Crippen LogP contribution is -2.32. The van der Waals surface area contributed by atoms with E-state index in [1.807, 2.05) is 17.8 Å². The molecular formula is C16H19F3N4O. The number of nitrogens with zero attached hydrogens (tertiary/aromatic N) is 3. The molecule has 5 nitrogen and oxygen atoms in total. The van der Waals surface area contributed by atoms with Crippen molar-refractivity contribution in [3.63, 3.8) is 0 Å². The van der Waals surface area contributed by atoms with Crippen LogP contribution in [0.1, 0.15) is 12.1 Å². The van der Waals surface area contributed by atoms with Gasteiger partial charge in [-0.1, -0.05) is 6.07 Å². The molecule has 0 amide bonds. The van der Waals surface area contributed by atoms with Gasteiger partial charge in [0.25, 0.3) is 0 Å². The SMILES string of the molecule is Cn1nccc1CN[C@@H]1CCN(c2cccc(OC(F)(F)F)c2)C1. The average Bonchev–Trinajstić information content (AvgIpc) is 3.12. The number of hydrogen-bond donors (Lipinski definition) is 1. The molecule has 0 saturated carbocycles. The zero-order valence-corrected chi connectivity index (χ0v) is 13.3. The van der Waals surface area contributed by atoms with Crippen molar-refractivity contribution < 1.29 is 17.9 Å². The van der Waals surface area contributed by atoms with E-state index in [-0.39, 0.29) is 11.8 Å². The van der Waals surface area contributed by atoms with Gasteiger partial charge in [-0.05, 0) is 24.6 Å². The molecular weight excluding hydrogens is 321 g/mol. The number of aryl methyl sites for hydroxylation is 1. The molecule has 1 N–H and O–H groups in total. The molecule has 3 rings (SSSR count). The first-order valence-electron chi connectivity index (χ1n) is 7.72. The highest BCUT2D eigenvalue weighted by molar-refractivity contribution is 5.51. The zero-order chi connectivity index (χ0) is 17.2. The Bertz CT molecular complexity index is 686. The van der Waals surface area contributed by atoms with Crippen LogP contribution in [0.4, 0.5) is 18.9 Å². The number of hydrogen-bond acceptors (Lipinski definition) is 4. The largest absolute Gasteiger partial charge is 0.573 e. The van der Waals surface area contributed by atoms with Crippen molar-refractivity contribution in [2.75, 3.05) is 18.0 Å². The molecule has 130 valence electrons. The molecule has 2 aromatic rings. The summed E-state index contributed by atoms with van der Waals surface area (Å²) in [7, 11) is 1.89. The Hall–Kier alpha value is -2.22. The molecule has 1 aliphatic rings. The maximum absolute atomic E-state index is 12.3. The van der Waals surface area contributed by atoms with E-state index in [1.165, 1.54) is 12.1 Å². The molecule has 8 heteroatoms. The van der Waals surface area contributed by atoms with E-state index in [0.29, 0.717) is 6.54 Å². The summed E-state index contributed by atoms with van der Waals surface area (Å²) in [5.74, 6) is -0.189. The molecule has 1 aromatic heterocycles. The second-order valence-corrected chi connectivity index (χ2v) is 5.80. The summed E-state index contributed by atoms with van der Waals surface area (Å²) in [4.78, 5) is 2.06. The van der Waals surface area contributed by atoms with Crippen LogP contribution in [-0.2, 0) is 13.6 Å². The number of anilines is 1. The van der Waals surface area contributed by atoms with E-state index in [1.54, 1.807) is 18.3 Å². The predicted octanol–water partition coefficient (Wildman–Crippen LogP) is 2.69. The highest BCUT2D eigenvalue weighted by atomic mass is 19.4. The number of halogens is 3. The minimum Gasteiger partial charge on any atom is -0.406 e. The van der Waals surface area contributed by atoms with Crippen molar-refractivity contribution in [1.29, 1.82) is 0 Å².